The summed E-state index contributed by atoms with van der Waals surface area (Å²) in [6, 6.07) is 62.9. The van der Waals surface area contributed by atoms with Crippen molar-refractivity contribution in [1.29, 1.82) is 0 Å². The van der Waals surface area contributed by atoms with Crippen molar-refractivity contribution in [2.45, 2.75) is 5.41 Å². The van der Waals surface area contributed by atoms with E-state index in [1.807, 2.05) is 48.5 Å². The fourth-order valence-corrected chi connectivity index (χ4v) is 8.37. The zero-order chi connectivity index (χ0) is 33.9. The zero-order valence-electron chi connectivity index (χ0n) is 27.6. The molecule has 1 aromatic heterocycles. The number of hydrogen-bond donors (Lipinski definition) is 0. The first kappa shape index (κ1) is 29.2. The zero-order valence-corrected chi connectivity index (χ0v) is 27.6. The summed E-state index contributed by atoms with van der Waals surface area (Å²) in [5.41, 5.74) is 14.5. The molecule has 10 rings (SSSR count). The van der Waals surface area contributed by atoms with Crippen molar-refractivity contribution >= 4 is 5.78 Å². The Bertz CT molecular complexity index is 2610. The maximum Gasteiger partial charge on any atom is 0.193 e. The Kier molecular flexibility index (Phi) is 6.55. The van der Waals surface area contributed by atoms with Gasteiger partial charge in [0.25, 0.3) is 0 Å². The number of hydrogen-bond acceptors (Lipinski definition) is 3. The van der Waals surface area contributed by atoms with Crippen LogP contribution in [0.15, 0.2) is 182 Å². The maximum absolute atomic E-state index is 14.0. The summed E-state index contributed by atoms with van der Waals surface area (Å²) in [5, 5.41) is 0. The van der Waals surface area contributed by atoms with Crippen LogP contribution in [0.3, 0.4) is 0 Å². The Morgan fingerprint density at radius 1 is 0.353 bits per heavy atom. The highest BCUT2D eigenvalue weighted by Crippen LogP contribution is 2.60. The number of benzene rings is 7. The summed E-state index contributed by atoms with van der Waals surface area (Å²) in [4.78, 5) is 24.5. The van der Waals surface area contributed by atoms with Crippen molar-refractivity contribution < 1.29 is 4.79 Å². The van der Waals surface area contributed by atoms with Gasteiger partial charge in [0.15, 0.2) is 11.6 Å². The second-order valence-corrected chi connectivity index (χ2v) is 13.2. The van der Waals surface area contributed by atoms with E-state index in [0.29, 0.717) is 5.82 Å². The standard InChI is InChI=1S/C48H30N2O/c51-46-36-22-8-11-26-40(36)48(41-27-12-9-23-37(41)46)39-25-10-7-21-35(39)45-38(24-14-28-42(45)48)44-30-43(32-17-5-2-6-18-32)49-47(50-44)34-20-13-19-33(29-34)31-15-3-1-4-16-31/h1-30H. The Morgan fingerprint density at radius 3 is 1.51 bits per heavy atom. The van der Waals surface area contributed by atoms with Gasteiger partial charge in [-0.2, -0.15) is 0 Å². The molecule has 8 aromatic rings. The van der Waals surface area contributed by atoms with Crippen LogP contribution in [0.1, 0.15) is 38.2 Å². The summed E-state index contributed by atoms with van der Waals surface area (Å²) in [5.74, 6) is 0.737. The first-order chi connectivity index (χ1) is 25.2. The second kappa shape index (κ2) is 11.4. The molecule has 0 aliphatic heterocycles. The number of ketones is 1. The Hall–Kier alpha value is -6.71. The summed E-state index contributed by atoms with van der Waals surface area (Å²) >= 11 is 0. The summed E-state index contributed by atoms with van der Waals surface area (Å²) in [6.07, 6.45) is 0. The lowest BCUT2D eigenvalue weighted by Gasteiger charge is -2.39. The predicted molar refractivity (Wildman–Crippen MR) is 205 cm³/mol. The van der Waals surface area contributed by atoms with Crippen LogP contribution >= 0.6 is 0 Å². The molecule has 3 heteroatoms. The Balaban J connectivity index is 1.26. The van der Waals surface area contributed by atoms with E-state index in [0.717, 1.165) is 78.1 Å². The van der Waals surface area contributed by atoms with Gasteiger partial charge in [-0.25, -0.2) is 9.97 Å². The fraction of sp³-hybridized carbons (Fsp3) is 0.0208. The van der Waals surface area contributed by atoms with E-state index < -0.39 is 5.41 Å². The van der Waals surface area contributed by atoms with Crippen LogP contribution in [0.2, 0.25) is 0 Å². The lowest BCUT2D eigenvalue weighted by Crippen LogP contribution is -2.36. The van der Waals surface area contributed by atoms with E-state index in [2.05, 4.69) is 133 Å². The van der Waals surface area contributed by atoms with Gasteiger partial charge in [-0.1, -0.05) is 170 Å². The van der Waals surface area contributed by atoms with Crippen LogP contribution in [0.4, 0.5) is 0 Å². The first-order valence-corrected chi connectivity index (χ1v) is 17.3. The van der Waals surface area contributed by atoms with Crippen molar-refractivity contribution in [3.63, 3.8) is 0 Å². The number of carbonyl (C=O) groups is 1. The average molecular weight is 651 g/mol. The van der Waals surface area contributed by atoms with Gasteiger partial charge in [-0.15, -0.1) is 0 Å². The number of carbonyl (C=O) groups excluding carboxylic acids is 1. The van der Waals surface area contributed by atoms with Gasteiger partial charge in [0.05, 0.1) is 16.8 Å². The SMILES string of the molecule is O=C1c2ccccc2C2(c3ccccc31)c1ccccc1-c1c(-c3cc(-c4ccccc4)nc(-c4cccc(-c5ccccc5)c4)n3)cccc12. The van der Waals surface area contributed by atoms with E-state index in [9.17, 15) is 4.79 Å². The molecule has 3 nitrogen and oxygen atoms in total. The van der Waals surface area contributed by atoms with Gasteiger partial charge in [0.2, 0.25) is 0 Å². The normalized spacial score (nSPS) is 13.3. The lowest BCUT2D eigenvalue weighted by atomic mass is 9.61. The molecule has 0 atom stereocenters. The molecule has 1 heterocycles. The molecular weight excluding hydrogens is 621 g/mol. The molecule has 51 heavy (non-hydrogen) atoms. The molecule has 0 saturated heterocycles. The smallest absolute Gasteiger partial charge is 0.193 e. The molecule has 1 spiro atoms. The maximum atomic E-state index is 14.0. The van der Waals surface area contributed by atoms with Crippen molar-refractivity contribution in [1.82, 2.24) is 9.97 Å². The average Bonchev–Trinajstić information content (AvgIpc) is 3.51. The topological polar surface area (TPSA) is 42.9 Å². The molecule has 0 bridgehead atoms. The van der Waals surface area contributed by atoms with Crippen LogP contribution < -0.4 is 0 Å². The minimum absolute atomic E-state index is 0.0691. The van der Waals surface area contributed by atoms with E-state index in [4.69, 9.17) is 9.97 Å². The monoisotopic (exact) mass is 650 g/mol. The number of fused-ring (bicyclic) bond motifs is 9. The van der Waals surface area contributed by atoms with Gasteiger partial charge in [-0.3, -0.25) is 4.79 Å². The van der Waals surface area contributed by atoms with Gasteiger partial charge >= 0.3 is 0 Å². The van der Waals surface area contributed by atoms with Gasteiger partial charge < -0.3 is 0 Å². The van der Waals surface area contributed by atoms with E-state index in [-0.39, 0.29) is 5.78 Å². The third kappa shape index (κ3) is 4.35. The summed E-state index contributed by atoms with van der Waals surface area (Å²) in [7, 11) is 0. The minimum atomic E-state index is -0.662. The number of rotatable bonds is 4. The van der Waals surface area contributed by atoms with Gasteiger partial charge in [0, 0.05) is 27.8 Å². The second-order valence-electron chi connectivity index (χ2n) is 13.2. The lowest BCUT2D eigenvalue weighted by molar-refractivity contribution is 0.103. The molecule has 7 aromatic carbocycles. The Morgan fingerprint density at radius 2 is 0.824 bits per heavy atom. The van der Waals surface area contributed by atoms with Crippen molar-refractivity contribution in [2.24, 2.45) is 0 Å². The van der Waals surface area contributed by atoms with Crippen molar-refractivity contribution in [2.75, 3.05) is 0 Å². The molecule has 0 amide bonds. The first-order valence-electron chi connectivity index (χ1n) is 17.3. The quantitative estimate of drug-likeness (QED) is 0.190. The number of nitrogens with zero attached hydrogens (tertiary/aromatic N) is 2. The van der Waals surface area contributed by atoms with E-state index in [1.165, 1.54) is 5.56 Å². The van der Waals surface area contributed by atoms with Gasteiger partial charge in [-0.05, 0) is 56.6 Å². The molecule has 0 N–H and O–H groups in total. The molecule has 0 radical (unpaired) electrons. The largest absolute Gasteiger partial charge is 0.289 e. The molecule has 2 aliphatic carbocycles. The van der Waals surface area contributed by atoms with Crippen molar-refractivity contribution in [3.8, 4) is 56.2 Å². The van der Waals surface area contributed by atoms with Crippen molar-refractivity contribution in [3.05, 3.63) is 215 Å². The van der Waals surface area contributed by atoms with Crippen LogP contribution in [-0.2, 0) is 5.41 Å². The van der Waals surface area contributed by atoms with Gasteiger partial charge in [0.1, 0.15) is 0 Å². The highest BCUT2D eigenvalue weighted by Gasteiger charge is 2.52. The third-order valence-corrected chi connectivity index (χ3v) is 10.5. The minimum Gasteiger partial charge on any atom is -0.289 e. The molecule has 238 valence electrons. The van der Waals surface area contributed by atoms with Crippen LogP contribution in [-0.4, -0.2) is 15.8 Å². The molecule has 2 aliphatic rings. The summed E-state index contributed by atoms with van der Waals surface area (Å²) in [6.45, 7) is 0. The highest BCUT2D eigenvalue weighted by atomic mass is 16.1. The van der Waals surface area contributed by atoms with Crippen LogP contribution in [0.5, 0.6) is 0 Å². The molecule has 0 fully saturated rings. The summed E-state index contributed by atoms with van der Waals surface area (Å²) < 4.78 is 0. The Labute approximate surface area is 296 Å². The molecule has 0 unspecified atom stereocenters. The van der Waals surface area contributed by atoms with E-state index >= 15 is 0 Å². The predicted octanol–water partition coefficient (Wildman–Crippen LogP) is 11.1. The molecular formula is C48H30N2O. The number of aromatic nitrogens is 2. The van der Waals surface area contributed by atoms with Crippen LogP contribution in [0, 0.1) is 0 Å². The van der Waals surface area contributed by atoms with E-state index in [1.54, 1.807) is 0 Å². The fourth-order valence-electron chi connectivity index (χ4n) is 8.37. The van der Waals surface area contributed by atoms with Crippen LogP contribution in [0.25, 0.3) is 56.2 Å². The highest BCUT2D eigenvalue weighted by molar-refractivity contribution is 6.15. The molecule has 0 saturated carbocycles. The third-order valence-electron chi connectivity index (χ3n) is 10.5.